The molecule has 1 aromatic carbocycles. The van der Waals surface area contributed by atoms with E-state index in [1.54, 1.807) is 7.05 Å². The topological polar surface area (TPSA) is 21.3 Å². The van der Waals surface area contributed by atoms with Gasteiger partial charge in [-0.15, -0.1) is 0 Å². The zero-order valence-corrected chi connectivity index (χ0v) is 9.17. The van der Waals surface area contributed by atoms with Crippen LogP contribution in [0, 0.1) is 11.6 Å². The number of nitrogens with one attached hydrogen (secondary N) is 1. The third-order valence-corrected chi connectivity index (χ3v) is 2.89. The molecule has 4 heteroatoms. The van der Waals surface area contributed by atoms with E-state index in [1.807, 2.05) is 0 Å². The Hall–Kier alpha value is -1.00. The van der Waals surface area contributed by atoms with E-state index in [2.05, 4.69) is 5.32 Å². The first kappa shape index (κ1) is 11.5. The molecule has 2 unspecified atom stereocenters. The summed E-state index contributed by atoms with van der Waals surface area (Å²) in [5.74, 6) is -1.10. The van der Waals surface area contributed by atoms with Gasteiger partial charge in [0.15, 0.2) is 0 Å². The highest BCUT2D eigenvalue weighted by Crippen LogP contribution is 2.27. The van der Waals surface area contributed by atoms with Gasteiger partial charge in [0.1, 0.15) is 11.6 Å². The molecule has 1 heterocycles. The van der Waals surface area contributed by atoms with Crippen molar-refractivity contribution in [2.45, 2.75) is 25.0 Å². The number of likely N-dealkylation sites (N-methyl/N-ethyl adjacent to an activating group) is 1. The molecular formula is C12H15F2NO. The van der Waals surface area contributed by atoms with Crippen molar-refractivity contribution < 1.29 is 13.5 Å². The largest absolute Gasteiger partial charge is 0.376 e. The molecule has 1 aliphatic rings. The zero-order valence-electron chi connectivity index (χ0n) is 9.17. The Morgan fingerprint density at radius 3 is 2.50 bits per heavy atom. The number of halogens is 2. The van der Waals surface area contributed by atoms with E-state index in [4.69, 9.17) is 4.74 Å². The van der Waals surface area contributed by atoms with Gasteiger partial charge in [-0.25, -0.2) is 8.78 Å². The summed E-state index contributed by atoms with van der Waals surface area (Å²) in [4.78, 5) is 0. The predicted octanol–water partition coefficient (Wildman–Crippen LogP) is 2.40. The Bertz CT molecular complexity index is 344. The van der Waals surface area contributed by atoms with Crippen LogP contribution < -0.4 is 5.32 Å². The van der Waals surface area contributed by atoms with Gasteiger partial charge in [-0.3, -0.25) is 0 Å². The molecule has 1 aliphatic heterocycles. The Labute approximate surface area is 93.6 Å². The minimum Gasteiger partial charge on any atom is -0.376 e. The van der Waals surface area contributed by atoms with E-state index in [-0.39, 0.29) is 12.1 Å². The highest BCUT2D eigenvalue weighted by Gasteiger charge is 2.26. The molecule has 2 atom stereocenters. The Balaban J connectivity index is 2.24. The third-order valence-electron chi connectivity index (χ3n) is 2.89. The molecule has 16 heavy (non-hydrogen) atoms. The van der Waals surface area contributed by atoms with Crippen molar-refractivity contribution >= 4 is 0 Å². The Morgan fingerprint density at radius 1 is 1.31 bits per heavy atom. The summed E-state index contributed by atoms with van der Waals surface area (Å²) in [6.07, 6.45) is 1.93. The van der Waals surface area contributed by atoms with Crippen LogP contribution in [0.4, 0.5) is 8.78 Å². The summed E-state index contributed by atoms with van der Waals surface area (Å²) in [6.45, 7) is 0.723. The van der Waals surface area contributed by atoms with E-state index in [1.165, 1.54) is 12.1 Å². The number of ether oxygens (including phenoxy) is 1. The van der Waals surface area contributed by atoms with Crippen LogP contribution in [0.3, 0.4) is 0 Å². The fraction of sp³-hybridized carbons (Fsp3) is 0.500. The second-order valence-electron chi connectivity index (χ2n) is 4.02. The van der Waals surface area contributed by atoms with Crippen molar-refractivity contribution in [2.75, 3.05) is 13.7 Å². The first-order chi connectivity index (χ1) is 7.70. The molecule has 0 aliphatic carbocycles. The molecule has 2 rings (SSSR count). The molecule has 0 amide bonds. The summed E-state index contributed by atoms with van der Waals surface area (Å²) < 4.78 is 31.7. The van der Waals surface area contributed by atoms with Gasteiger partial charge in [0.25, 0.3) is 0 Å². The molecule has 1 aromatic rings. The van der Waals surface area contributed by atoms with Crippen LogP contribution in [0.5, 0.6) is 0 Å². The summed E-state index contributed by atoms with van der Waals surface area (Å²) in [7, 11) is 1.77. The van der Waals surface area contributed by atoms with E-state index in [0.29, 0.717) is 5.56 Å². The third kappa shape index (κ3) is 2.39. The highest BCUT2D eigenvalue weighted by molar-refractivity contribution is 5.22. The van der Waals surface area contributed by atoms with Crippen LogP contribution in [-0.4, -0.2) is 19.8 Å². The SMILES string of the molecule is CNC(c1cc(F)cc(F)c1)C1CCCO1. The van der Waals surface area contributed by atoms with Crippen LogP contribution in [-0.2, 0) is 4.74 Å². The number of benzene rings is 1. The van der Waals surface area contributed by atoms with Crippen molar-refractivity contribution in [1.29, 1.82) is 0 Å². The molecule has 88 valence electrons. The monoisotopic (exact) mass is 227 g/mol. The molecule has 0 bridgehead atoms. The quantitative estimate of drug-likeness (QED) is 0.856. The van der Waals surface area contributed by atoms with Crippen molar-refractivity contribution in [2.24, 2.45) is 0 Å². The smallest absolute Gasteiger partial charge is 0.126 e. The van der Waals surface area contributed by atoms with E-state index < -0.39 is 11.6 Å². The Kier molecular flexibility index (Phi) is 3.51. The van der Waals surface area contributed by atoms with Gasteiger partial charge in [0.05, 0.1) is 12.1 Å². The molecule has 0 spiro atoms. The maximum Gasteiger partial charge on any atom is 0.126 e. The highest BCUT2D eigenvalue weighted by atomic mass is 19.1. The second kappa shape index (κ2) is 4.89. The van der Waals surface area contributed by atoms with Gasteiger partial charge in [0.2, 0.25) is 0 Å². The first-order valence-corrected chi connectivity index (χ1v) is 5.45. The molecule has 2 nitrogen and oxygen atoms in total. The van der Waals surface area contributed by atoms with Gasteiger partial charge in [-0.05, 0) is 37.6 Å². The summed E-state index contributed by atoms with van der Waals surface area (Å²) >= 11 is 0. The van der Waals surface area contributed by atoms with Gasteiger partial charge in [0, 0.05) is 12.7 Å². The predicted molar refractivity (Wildman–Crippen MR) is 57.1 cm³/mol. The molecule has 0 aromatic heterocycles. The molecule has 1 N–H and O–H groups in total. The fourth-order valence-electron chi connectivity index (χ4n) is 2.19. The summed E-state index contributed by atoms with van der Waals surface area (Å²) in [5, 5.41) is 3.06. The van der Waals surface area contributed by atoms with Crippen LogP contribution in [0.1, 0.15) is 24.4 Å². The summed E-state index contributed by atoms with van der Waals surface area (Å²) in [6, 6.07) is 3.44. The molecule has 1 fully saturated rings. The lowest BCUT2D eigenvalue weighted by Crippen LogP contribution is -2.29. The first-order valence-electron chi connectivity index (χ1n) is 5.45. The van der Waals surface area contributed by atoms with Gasteiger partial charge < -0.3 is 10.1 Å². The maximum absolute atomic E-state index is 13.1. The molecule has 0 radical (unpaired) electrons. The standard InChI is InChI=1S/C12H15F2NO/c1-15-12(11-3-2-4-16-11)8-5-9(13)7-10(14)6-8/h5-7,11-12,15H,2-4H2,1H3. The van der Waals surface area contributed by atoms with Gasteiger partial charge >= 0.3 is 0 Å². The van der Waals surface area contributed by atoms with Crippen molar-refractivity contribution in [3.8, 4) is 0 Å². The molecular weight excluding hydrogens is 212 g/mol. The van der Waals surface area contributed by atoms with E-state index >= 15 is 0 Å². The normalized spacial score (nSPS) is 22.3. The van der Waals surface area contributed by atoms with Crippen molar-refractivity contribution in [3.63, 3.8) is 0 Å². The van der Waals surface area contributed by atoms with Gasteiger partial charge in [-0.2, -0.15) is 0 Å². The lowest BCUT2D eigenvalue weighted by molar-refractivity contribution is 0.0806. The van der Waals surface area contributed by atoms with Crippen LogP contribution >= 0.6 is 0 Å². The minimum atomic E-state index is -0.548. The molecule has 0 saturated carbocycles. The minimum absolute atomic E-state index is 0.00574. The second-order valence-corrected chi connectivity index (χ2v) is 4.02. The Morgan fingerprint density at radius 2 is 2.00 bits per heavy atom. The lowest BCUT2D eigenvalue weighted by Gasteiger charge is -2.22. The van der Waals surface area contributed by atoms with Gasteiger partial charge in [-0.1, -0.05) is 0 Å². The van der Waals surface area contributed by atoms with Crippen LogP contribution in [0.15, 0.2) is 18.2 Å². The van der Waals surface area contributed by atoms with Crippen molar-refractivity contribution in [3.05, 3.63) is 35.4 Å². The van der Waals surface area contributed by atoms with Crippen LogP contribution in [0.25, 0.3) is 0 Å². The lowest BCUT2D eigenvalue weighted by atomic mass is 9.99. The average molecular weight is 227 g/mol. The van der Waals surface area contributed by atoms with Crippen LogP contribution in [0.2, 0.25) is 0 Å². The average Bonchev–Trinajstić information content (AvgIpc) is 2.70. The molecule has 1 saturated heterocycles. The van der Waals surface area contributed by atoms with Crippen molar-refractivity contribution in [1.82, 2.24) is 5.32 Å². The number of hydrogen-bond acceptors (Lipinski definition) is 2. The zero-order chi connectivity index (χ0) is 11.5. The number of hydrogen-bond donors (Lipinski definition) is 1. The van der Waals surface area contributed by atoms with E-state index in [9.17, 15) is 8.78 Å². The van der Waals surface area contributed by atoms with E-state index in [0.717, 1.165) is 25.5 Å². The fourth-order valence-corrected chi connectivity index (χ4v) is 2.19. The summed E-state index contributed by atoms with van der Waals surface area (Å²) in [5.41, 5.74) is 0.604. The maximum atomic E-state index is 13.1. The number of rotatable bonds is 3.